The third-order valence-corrected chi connectivity index (χ3v) is 3.49. The van der Waals surface area contributed by atoms with Crippen molar-refractivity contribution in [2.24, 2.45) is 0 Å². The summed E-state index contributed by atoms with van der Waals surface area (Å²) in [5.74, 6) is 0. The van der Waals surface area contributed by atoms with Crippen molar-refractivity contribution < 1.29 is 9.53 Å². The Morgan fingerprint density at radius 1 is 1.45 bits per heavy atom. The van der Waals surface area contributed by atoms with E-state index in [0.717, 1.165) is 5.69 Å². The Morgan fingerprint density at radius 3 is 2.77 bits per heavy atom. The monoisotopic (exact) mass is 302 g/mol. The molecule has 0 radical (unpaired) electrons. The molecule has 6 nitrogen and oxygen atoms in total. The van der Waals surface area contributed by atoms with Crippen molar-refractivity contribution in [2.75, 3.05) is 24.5 Å². The first-order valence-corrected chi connectivity index (χ1v) is 7.41. The van der Waals surface area contributed by atoms with E-state index in [2.05, 4.69) is 16.0 Å². The lowest BCUT2D eigenvalue weighted by Crippen LogP contribution is -2.55. The van der Waals surface area contributed by atoms with Gasteiger partial charge >= 0.3 is 6.09 Å². The number of rotatable bonds is 1. The van der Waals surface area contributed by atoms with Gasteiger partial charge in [-0.2, -0.15) is 5.26 Å². The van der Waals surface area contributed by atoms with Crippen LogP contribution in [0, 0.1) is 11.3 Å². The molecule has 1 aromatic rings. The minimum absolute atomic E-state index is 0.00958. The molecule has 1 aliphatic rings. The first kappa shape index (κ1) is 16.1. The maximum Gasteiger partial charge on any atom is 0.410 e. The van der Waals surface area contributed by atoms with Crippen LogP contribution in [0.3, 0.4) is 0 Å². The molecule has 0 spiro atoms. The van der Waals surface area contributed by atoms with Gasteiger partial charge in [-0.25, -0.2) is 9.78 Å². The average molecular weight is 302 g/mol. The summed E-state index contributed by atoms with van der Waals surface area (Å²) in [6.45, 7) is 9.44. The minimum Gasteiger partial charge on any atom is -0.444 e. The van der Waals surface area contributed by atoms with Crippen molar-refractivity contribution in [3.05, 3.63) is 24.0 Å². The van der Waals surface area contributed by atoms with Gasteiger partial charge in [-0.3, -0.25) is 0 Å². The van der Waals surface area contributed by atoms with E-state index in [1.54, 1.807) is 11.1 Å². The Hall–Kier alpha value is -2.29. The number of anilines is 1. The molecule has 1 fully saturated rings. The van der Waals surface area contributed by atoms with Crippen molar-refractivity contribution in [1.82, 2.24) is 9.88 Å². The molecule has 22 heavy (non-hydrogen) atoms. The number of nitrogens with zero attached hydrogens (tertiary/aromatic N) is 4. The second-order valence-electron chi connectivity index (χ2n) is 6.45. The second kappa shape index (κ2) is 6.22. The Balaban J connectivity index is 2.07. The Bertz CT molecular complexity index is 589. The van der Waals surface area contributed by atoms with Crippen LogP contribution in [-0.2, 0) is 4.74 Å². The molecule has 1 unspecified atom stereocenters. The van der Waals surface area contributed by atoms with Gasteiger partial charge in [0.1, 0.15) is 11.7 Å². The zero-order valence-electron chi connectivity index (χ0n) is 13.5. The SMILES string of the molecule is CC1CN(c2cccnc2C#N)CCN1C(=O)OC(C)(C)C. The van der Waals surface area contributed by atoms with Crippen molar-refractivity contribution in [3.8, 4) is 6.07 Å². The highest BCUT2D eigenvalue weighted by Crippen LogP contribution is 2.22. The molecule has 0 aliphatic carbocycles. The molecule has 1 aliphatic heterocycles. The van der Waals surface area contributed by atoms with E-state index in [4.69, 9.17) is 10.00 Å². The van der Waals surface area contributed by atoms with Crippen LogP contribution in [0.1, 0.15) is 33.4 Å². The second-order valence-corrected chi connectivity index (χ2v) is 6.45. The van der Waals surface area contributed by atoms with E-state index in [1.165, 1.54) is 0 Å². The first-order chi connectivity index (χ1) is 10.3. The lowest BCUT2D eigenvalue weighted by Gasteiger charge is -2.41. The topological polar surface area (TPSA) is 69.5 Å². The summed E-state index contributed by atoms with van der Waals surface area (Å²) in [7, 11) is 0. The number of piperazine rings is 1. The fraction of sp³-hybridized carbons (Fsp3) is 0.562. The van der Waals surface area contributed by atoms with Crippen molar-refractivity contribution in [1.29, 1.82) is 5.26 Å². The van der Waals surface area contributed by atoms with Crippen LogP contribution >= 0.6 is 0 Å². The van der Waals surface area contributed by atoms with E-state index in [-0.39, 0.29) is 12.1 Å². The van der Waals surface area contributed by atoms with E-state index in [1.807, 2.05) is 39.8 Å². The molecule has 1 atom stereocenters. The van der Waals surface area contributed by atoms with Crippen LogP contribution in [0.4, 0.5) is 10.5 Å². The van der Waals surface area contributed by atoms with E-state index in [0.29, 0.717) is 25.3 Å². The zero-order chi connectivity index (χ0) is 16.3. The molecule has 1 amide bonds. The summed E-state index contributed by atoms with van der Waals surface area (Å²) in [4.78, 5) is 20.1. The molecule has 1 aromatic heterocycles. The molecule has 0 aromatic carbocycles. The summed E-state index contributed by atoms with van der Waals surface area (Å²) < 4.78 is 5.44. The van der Waals surface area contributed by atoms with Gasteiger partial charge < -0.3 is 14.5 Å². The van der Waals surface area contributed by atoms with Gasteiger partial charge in [-0.05, 0) is 39.8 Å². The van der Waals surface area contributed by atoms with Gasteiger partial charge in [0.25, 0.3) is 0 Å². The van der Waals surface area contributed by atoms with Crippen LogP contribution in [0.2, 0.25) is 0 Å². The van der Waals surface area contributed by atoms with Crippen LogP contribution in [-0.4, -0.2) is 47.3 Å². The largest absolute Gasteiger partial charge is 0.444 e. The molecule has 6 heteroatoms. The first-order valence-electron chi connectivity index (χ1n) is 7.41. The van der Waals surface area contributed by atoms with Gasteiger partial charge in [-0.15, -0.1) is 0 Å². The number of amides is 1. The van der Waals surface area contributed by atoms with Crippen molar-refractivity contribution >= 4 is 11.8 Å². The number of carbonyl (C=O) groups excluding carboxylic acids is 1. The zero-order valence-corrected chi connectivity index (χ0v) is 13.5. The fourth-order valence-electron chi connectivity index (χ4n) is 2.51. The normalized spacial score (nSPS) is 18.8. The highest BCUT2D eigenvalue weighted by Gasteiger charge is 2.31. The Kier molecular flexibility index (Phi) is 4.55. The van der Waals surface area contributed by atoms with E-state index in [9.17, 15) is 4.79 Å². The maximum atomic E-state index is 12.2. The molecular weight excluding hydrogens is 280 g/mol. The smallest absolute Gasteiger partial charge is 0.410 e. The molecule has 0 N–H and O–H groups in total. The quantitative estimate of drug-likeness (QED) is 0.796. The molecule has 118 valence electrons. The Labute approximate surface area is 131 Å². The molecule has 0 bridgehead atoms. The third-order valence-electron chi connectivity index (χ3n) is 3.49. The van der Waals surface area contributed by atoms with Crippen LogP contribution in [0.15, 0.2) is 18.3 Å². The number of ether oxygens (including phenoxy) is 1. The summed E-state index contributed by atoms with van der Waals surface area (Å²) in [5, 5.41) is 9.16. The van der Waals surface area contributed by atoms with Crippen LogP contribution < -0.4 is 4.90 Å². The number of pyridine rings is 1. The van der Waals surface area contributed by atoms with Crippen molar-refractivity contribution in [2.45, 2.75) is 39.3 Å². The highest BCUT2D eigenvalue weighted by molar-refractivity contribution is 5.69. The molecule has 0 saturated carbocycles. The molecular formula is C16H22N4O2. The molecule has 1 saturated heterocycles. The average Bonchev–Trinajstić information content (AvgIpc) is 2.45. The van der Waals surface area contributed by atoms with Gasteiger partial charge in [0.2, 0.25) is 0 Å². The van der Waals surface area contributed by atoms with E-state index >= 15 is 0 Å². The molecule has 2 rings (SSSR count). The highest BCUT2D eigenvalue weighted by atomic mass is 16.6. The van der Waals surface area contributed by atoms with Crippen LogP contribution in [0.25, 0.3) is 0 Å². The van der Waals surface area contributed by atoms with E-state index < -0.39 is 5.60 Å². The standard InChI is InChI=1S/C16H22N4O2/c1-12-11-19(14-6-5-7-18-13(14)10-17)8-9-20(12)15(21)22-16(2,3)4/h5-7,12H,8-9,11H2,1-4H3. The maximum absolute atomic E-state index is 12.2. The van der Waals surface area contributed by atoms with Crippen LogP contribution in [0.5, 0.6) is 0 Å². The summed E-state index contributed by atoms with van der Waals surface area (Å²) in [6.07, 6.45) is 1.33. The minimum atomic E-state index is -0.495. The summed E-state index contributed by atoms with van der Waals surface area (Å²) in [5.41, 5.74) is 0.742. The van der Waals surface area contributed by atoms with Gasteiger partial charge in [-0.1, -0.05) is 0 Å². The summed E-state index contributed by atoms with van der Waals surface area (Å²) >= 11 is 0. The Morgan fingerprint density at radius 2 is 2.18 bits per heavy atom. The van der Waals surface area contributed by atoms with Gasteiger partial charge in [0.05, 0.1) is 5.69 Å². The summed E-state index contributed by atoms with van der Waals surface area (Å²) in [6, 6.07) is 5.84. The predicted octanol–water partition coefficient (Wildman–Crippen LogP) is 2.40. The number of hydrogen-bond acceptors (Lipinski definition) is 5. The number of carbonyl (C=O) groups is 1. The van der Waals surface area contributed by atoms with Gasteiger partial charge in [0.15, 0.2) is 5.69 Å². The van der Waals surface area contributed by atoms with Crippen molar-refractivity contribution in [3.63, 3.8) is 0 Å². The lowest BCUT2D eigenvalue weighted by molar-refractivity contribution is 0.0159. The number of nitriles is 1. The van der Waals surface area contributed by atoms with Gasteiger partial charge in [0, 0.05) is 31.9 Å². The number of aromatic nitrogens is 1. The lowest BCUT2D eigenvalue weighted by atomic mass is 10.1. The number of hydrogen-bond donors (Lipinski definition) is 0. The molecule has 2 heterocycles. The fourth-order valence-corrected chi connectivity index (χ4v) is 2.51. The predicted molar refractivity (Wildman–Crippen MR) is 83.6 cm³/mol. The third kappa shape index (κ3) is 3.67.